The van der Waals surface area contributed by atoms with Gasteiger partial charge in [0.25, 0.3) is 0 Å². The fourth-order valence-corrected chi connectivity index (χ4v) is 2.68. The van der Waals surface area contributed by atoms with Gasteiger partial charge in [-0.25, -0.2) is 0 Å². The standard InChI is InChI=1S/C20H18N4O/c21-10-4-12-24-15-17(18-6-1-2-7-19(18)24)8-9-20(25)23-14-16-5-3-11-22-13-16/h1-3,5-9,11,13,15H,4,12,14H2,(H,23,25)/b9-8+. The number of hydrogen-bond acceptors (Lipinski definition) is 3. The van der Waals surface area contributed by atoms with Crippen LogP contribution in [0.25, 0.3) is 17.0 Å². The van der Waals surface area contributed by atoms with Crippen LogP contribution in [0, 0.1) is 11.3 Å². The van der Waals surface area contributed by atoms with Gasteiger partial charge in [-0.15, -0.1) is 0 Å². The molecule has 25 heavy (non-hydrogen) atoms. The minimum absolute atomic E-state index is 0.155. The van der Waals surface area contributed by atoms with Gasteiger partial charge in [0.1, 0.15) is 0 Å². The summed E-state index contributed by atoms with van der Waals surface area (Å²) >= 11 is 0. The predicted molar refractivity (Wildman–Crippen MR) is 97.3 cm³/mol. The number of carbonyl (C=O) groups excluding carboxylic acids is 1. The summed E-state index contributed by atoms with van der Waals surface area (Å²) in [4.78, 5) is 16.1. The maximum absolute atomic E-state index is 12.0. The number of nitrogens with zero attached hydrogens (tertiary/aromatic N) is 3. The van der Waals surface area contributed by atoms with Crippen LogP contribution in [-0.4, -0.2) is 15.5 Å². The lowest BCUT2D eigenvalue weighted by molar-refractivity contribution is -0.116. The van der Waals surface area contributed by atoms with Gasteiger partial charge in [-0.05, 0) is 23.8 Å². The number of carbonyl (C=O) groups is 1. The molecule has 5 heteroatoms. The largest absolute Gasteiger partial charge is 0.348 e. The fourth-order valence-electron chi connectivity index (χ4n) is 2.68. The van der Waals surface area contributed by atoms with Gasteiger partial charge >= 0.3 is 0 Å². The van der Waals surface area contributed by atoms with Crippen molar-refractivity contribution in [3.8, 4) is 6.07 Å². The van der Waals surface area contributed by atoms with E-state index in [9.17, 15) is 4.79 Å². The molecule has 0 saturated carbocycles. The number of hydrogen-bond donors (Lipinski definition) is 1. The quantitative estimate of drug-likeness (QED) is 0.705. The van der Waals surface area contributed by atoms with E-state index in [2.05, 4.69) is 16.4 Å². The van der Waals surface area contributed by atoms with Gasteiger partial charge in [0.05, 0.1) is 12.5 Å². The van der Waals surface area contributed by atoms with Gasteiger partial charge in [0.2, 0.25) is 5.91 Å². The molecule has 0 saturated heterocycles. The van der Waals surface area contributed by atoms with Gasteiger partial charge in [-0.3, -0.25) is 9.78 Å². The van der Waals surface area contributed by atoms with Crippen LogP contribution in [0.4, 0.5) is 0 Å². The number of fused-ring (bicyclic) bond motifs is 1. The molecule has 2 heterocycles. The molecule has 1 amide bonds. The first kappa shape index (κ1) is 16.5. The normalized spacial score (nSPS) is 10.8. The summed E-state index contributed by atoms with van der Waals surface area (Å²) in [6.45, 7) is 1.08. The third kappa shape index (κ3) is 4.12. The van der Waals surface area contributed by atoms with Crippen LogP contribution in [0.2, 0.25) is 0 Å². The summed E-state index contributed by atoms with van der Waals surface area (Å²) in [5, 5.41) is 12.7. The third-order valence-electron chi connectivity index (χ3n) is 3.89. The number of benzene rings is 1. The number of nitrogens with one attached hydrogen (secondary N) is 1. The third-order valence-corrected chi connectivity index (χ3v) is 3.89. The van der Waals surface area contributed by atoms with E-state index in [1.54, 1.807) is 12.4 Å². The predicted octanol–water partition coefficient (Wildman–Crippen LogP) is 3.28. The molecule has 0 aliphatic rings. The molecule has 2 aromatic heterocycles. The molecule has 0 aliphatic carbocycles. The Labute approximate surface area is 146 Å². The first-order valence-corrected chi connectivity index (χ1v) is 8.07. The summed E-state index contributed by atoms with van der Waals surface area (Å²) in [7, 11) is 0. The highest BCUT2D eigenvalue weighted by atomic mass is 16.1. The van der Waals surface area contributed by atoms with Crippen molar-refractivity contribution < 1.29 is 4.79 Å². The van der Waals surface area contributed by atoms with Crippen molar-refractivity contribution >= 4 is 22.9 Å². The van der Waals surface area contributed by atoms with E-state index in [0.717, 1.165) is 22.0 Å². The van der Waals surface area contributed by atoms with Crippen LogP contribution in [0.1, 0.15) is 17.5 Å². The Morgan fingerprint density at radius 2 is 2.16 bits per heavy atom. The Morgan fingerprint density at radius 3 is 2.96 bits per heavy atom. The number of nitriles is 1. The van der Waals surface area contributed by atoms with Crippen LogP contribution >= 0.6 is 0 Å². The highest BCUT2D eigenvalue weighted by Crippen LogP contribution is 2.22. The summed E-state index contributed by atoms with van der Waals surface area (Å²) in [6, 6.07) is 13.9. The van der Waals surface area contributed by atoms with Crippen molar-refractivity contribution in [3.63, 3.8) is 0 Å². The second-order valence-corrected chi connectivity index (χ2v) is 5.62. The van der Waals surface area contributed by atoms with Gasteiger partial charge in [0, 0.05) is 54.2 Å². The Kier molecular flexibility index (Phi) is 5.22. The maximum atomic E-state index is 12.0. The average molecular weight is 330 g/mol. The topological polar surface area (TPSA) is 70.7 Å². The van der Waals surface area contributed by atoms with Gasteiger partial charge in [-0.1, -0.05) is 24.3 Å². The molecule has 3 rings (SSSR count). The molecule has 124 valence electrons. The van der Waals surface area contributed by atoms with Crippen molar-refractivity contribution in [3.05, 3.63) is 72.2 Å². The zero-order valence-electron chi connectivity index (χ0n) is 13.7. The van der Waals surface area contributed by atoms with Crippen LogP contribution in [0.3, 0.4) is 0 Å². The molecule has 0 unspecified atom stereocenters. The minimum Gasteiger partial charge on any atom is -0.348 e. The Hall–Kier alpha value is -3.39. The number of para-hydroxylation sites is 1. The minimum atomic E-state index is -0.155. The van der Waals surface area contributed by atoms with Crippen LogP contribution in [0.5, 0.6) is 0 Å². The molecule has 0 spiro atoms. The van der Waals surface area contributed by atoms with Crippen molar-refractivity contribution in [1.82, 2.24) is 14.9 Å². The average Bonchev–Trinajstić information content (AvgIpc) is 3.02. The van der Waals surface area contributed by atoms with E-state index >= 15 is 0 Å². The van der Waals surface area contributed by atoms with Gasteiger partial charge in [-0.2, -0.15) is 5.26 Å². The molecular formula is C20H18N4O. The van der Waals surface area contributed by atoms with Gasteiger partial charge in [0.15, 0.2) is 0 Å². The monoisotopic (exact) mass is 330 g/mol. The van der Waals surface area contributed by atoms with Gasteiger partial charge < -0.3 is 9.88 Å². The van der Waals surface area contributed by atoms with Crippen molar-refractivity contribution in [2.24, 2.45) is 0 Å². The van der Waals surface area contributed by atoms with Crippen molar-refractivity contribution in [2.75, 3.05) is 0 Å². The second kappa shape index (κ2) is 7.93. The van der Waals surface area contributed by atoms with Crippen LogP contribution in [-0.2, 0) is 17.9 Å². The van der Waals surface area contributed by atoms with E-state index in [0.29, 0.717) is 19.5 Å². The first-order chi connectivity index (χ1) is 12.3. The Morgan fingerprint density at radius 1 is 1.28 bits per heavy atom. The zero-order chi connectivity index (χ0) is 17.5. The molecule has 0 radical (unpaired) electrons. The van der Waals surface area contributed by atoms with Crippen molar-refractivity contribution in [2.45, 2.75) is 19.5 Å². The second-order valence-electron chi connectivity index (χ2n) is 5.62. The molecule has 0 fully saturated rings. The zero-order valence-corrected chi connectivity index (χ0v) is 13.7. The lowest BCUT2D eigenvalue weighted by atomic mass is 10.1. The van der Waals surface area contributed by atoms with E-state index in [-0.39, 0.29) is 5.91 Å². The molecule has 1 N–H and O–H groups in total. The van der Waals surface area contributed by atoms with Crippen LogP contribution < -0.4 is 5.32 Å². The summed E-state index contributed by atoms with van der Waals surface area (Å²) in [5.74, 6) is -0.155. The van der Waals surface area contributed by atoms with E-state index in [1.165, 1.54) is 6.08 Å². The number of pyridine rings is 1. The smallest absolute Gasteiger partial charge is 0.244 e. The summed E-state index contributed by atoms with van der Waals surface area (Å²) in [5.41, 5.74) is 2.98. The highest BCUT2D eigenvalue weighted by molar-refractivity contribution is 5.96. The van der Waals surface area contributed by atoms with E-state index < -0.39 is 0 Å². The maximum Gasteiger partial charge on any atom is 0.244 e. The highest BCUT2D eigenvalue weighted by Gasteiger charge is 2.06. The Bertz CT molecular complexity index is 935. The summed E-state index contributed by atoms with van der Waals surface area (Å²) in [6.07, 6.45) is 9.21. The molecule has 1 aromatic carbocycles. The van der Waals surface area contributed by atoms with E-state index in [1.807, 2.05) is 53.2 Å². The fraction of sp³-hybridized carbons (Fsp3) is 0.150. The van der Waals surface area contributed by atoms with Crippen molar-refractivity contribution in [1.29, 1.82) is 5.26 Å². The van der Waals surface area contributed by atoms with E-state index in [4.69, 9.17) is 5.26 Å². The Balaban J connectivity index is 1.72. The molecule has 0 atom stereocenters. The van der Waals surface area contributed by atoms with Crippen LogP contribution in [0.15, 0.2) is 61.1 Å². The molecule has 0 bridgehead atoms. The molecule has 0 aliphatic heterocycles. The molecule has 3 aromatic rings. The number of amides is 1. The molecule has 5 nitrogen and oxygen atoms in total. The first-order valence-electron chi connectivity index (χ1n) is 8.07. The molecular weight excluding hydrogens is 312 g/mol. The number of aryl methyl sites for hydroxylation is 1. The lowest BCUT2D eigenvalue weighted by Crippen LogP contribution is -2.20. The summed E-state index contributed by atoms with van der Waals surface area (Å²) < 4.78 is 2.05. The lowest BCUT2D eigenvalue weighted by Gasteiger charge is -2.01. The number of rotatable bonds is 6. The number of aromatic nitrogens is 2. The SMILES string of the molecule is N#CCCn1cc(/C=C/C(=O)NCc2cccnc2)c2ccccc21.